The monoisotopic (exact) mass is 380 g/mol. The first kappa shape index (κ1) is 20.4. The van der Waals surface area contributed by atoms with Gasteiger partial charge in [0.15, 0.2) is 6.10 Å². The predicted molar refractivity (Wildman–Crippen MR) is 88.3 cm³/mol. The Morgan fingerprint density at radius 3 is 2.00 bits per heavy atom. The SMILES string of the molecule is CC(=O)OC[C@H]1OC(OC(=O)c2ccccc2)[C@H](OC(C)=O)[C@@H]1OC(C)=O. The topological polar surface area (TPSA) is 114 Å². The molecule has 9 heteroatoms. The fourth-order valence-electron chi connectivity index (χ4n) is 2.52. The van der Waals surface area contributed by atoms with E-state index in [0.717, 1.165) is 13.8 Å². The third-order valence-corrected chi connectivity index (χ3v) is 3.56. The third kappa shape index (κ3) is 5.78. The number of rotatable bonds is 6. The van der Waals surface area contributed by atoms with E-state index >= 15 is 0 Å². The zero-order valence-electron chi connectivity index (χ0n) is 15.1. The number of esters is 4. The molecule has 27 heavy (non-hydrogen) atoms. The van der Waals surface area contributed by atoms with E-state index in [4.69, 9.17) is 23.7 Å². The van der Waals surface area contributed by atoms with Crippen molar-refractivity contribution in [2.75, 3.05) is 6.61 Å². The van der Waals surface area contributed by atoms with E-state index in [1.54, 1.807) is 18.2 Å². The lowest BCUT2D eigenvalue weighted by Gasteiger charge is -2.22. The second-order valence-electron chi connectivity index (χ2n) is 5.76. The second kappa shape index (κ2) is 9.13. The van der Waals surface area contributed by atoms with Crippen molar-refractivity contribution < 1.29 is 42.9 Å². The normalized spacial score (nSPS) is 24.0. The summed E-state index contributed by atoms with van der Waals surface area (Å²) >= 11 is 0. The summed E-state index contributed by atoms with van der Waals surface area (Å²) in [6.07, 6.45) is -4.64. The lowest BCUT2D eigenvalue weighted by molar-refractivity contribution is -0.175. The number of benzene rings is 1. The Morgan fingerprint density at radius 2 is 1.44 bits per heavy atom. The Labute approximate surface area is 155 Å². The smallest absolute Gasteiger partial charge is 0.340 e. The summed E-state index contributed by atoms with van der Waals surface area (Å²) in [5.41, 5.74) is 0.259. The summed E-state index contributed by atoms with van der Waals surface area (Å²) in [5, 5.41) is 0. The average molecular weight is 380 g/mol. The fourth-order valence-corrected chi connectivity index (χ4v) is 2.52. The molecular formula is C18H20O9. The van der Waals surface area contributed by atoms with Crippen LogP contribution < -0.4 is 0 Å². The van der Waals surface area contributed by atoms with Gasteiger partial charge in [-0.25, -0.2) is 4.79 Å². The summed E-state index contributed by atoms with van der Waals surface area (Å²) < 4.78 is 26.1. The fraction of sp³-hybridized carbons (Fsp3) is 0.444. The molecule has 0 aromatic heterocycles. The van der Waals surface area contributed by atoms with Crippen LogP contribution in [0.3, 0.4) is 0 Å². The molecule has 0 spiro atoms. The molecule has 2 rings (SSSR count). The van der Waals surface area contributed by atoms with Gasteiger partial charge in [0, 0.05) is 20.8 Å². The van der Waals surface area contributed by atoms with Gasteiger partial charge in [0.1, 0.15) is 12.7 Å². The van der Waals surface area contributed by atoms with Crippen LogP contribution >= 0.6 is 0 Å². The van der Waals surface area contributed by atoms with Crippen molar-refractivity contribution in [2.24, 2.45) is 0 Å². The van der Waals surface area contributed by atoms with Gasteiger partial charge in [0.25, 0.3) is 0 Å². The number of hydrogen-bond acceptors (Lipinski definition) is 9. The molecule has 0 radical (unpaired) electrons. The zero-order chi connectivity index (χ0) is 20.0. The molecule has 1 aromatic rings. The quantitative estimate of drug-likeness (QED) is 0.526. The van der Waals surface area contributed by atoms with Crippen LogP contribution in [-0.4, -0.2) is 55.1 Å². The van der Waals surface area contributed by atoms with E-state index in [1.807, 2.05) is 0 Å². The highest BCUT2D eigenvalue weighted by atomic mass is 16.8. The van der Waals surface area contributed by atoms with Gasteiger partial charge in [-0.3, -0.25) is 14.4 Å². The largest absolute Gasteiger partial charge is 0.463 e. The van der Waals surface area contributed by atoms with Gasteiger partial charge in [0.05, 0.1) is 5.56 Å². The lowest BCUT2D eigenvalue weighted by atomic mass is 10.1. The second-order valence-corrected chi connectivity index (χ2v) is 5.76. The van der Waals surface area contributed by atoms with Crippen LogP contribution in [0.15, 0.2) is 30.3 Å². The Balaban J connectivity index is 2.21. The lowest BCUT2D eigenvalue weighted by Crippen LogP contribution is -2.42. The van der Waals surface area contributed by atoms with Crippen LogP contribution in [0.25, 0.3) is 0 Å². The van der Waals surface area contributed by atoms with E-state index in [0.29, 0.717) is 0 Å². The van der Waals surface area contributed by atoms with Crippen LogP contribution in [-0.2, 0) is 38.1 Å². The van der Waals surface area contributed by atoms with Gasteiger partial charge >= 0.3 is 23.9 Å². The summed E-state index contributed by atoms with van der Waals surface area (Å²) in [5.74, 6) is -2.64. The molecule has 1 heterocycles. The van der Waals surface area contributed by atoms with Crippen LogP contribution in [0.4, 0.5) is 0 Å². The molecular weight excluding hydrogens is 360 g/mol. The molecule has 1 aromatic carbocycles. The van der Waals surface area contributed by atoms with Crippen molar-refractivity contribution in [3.05, 3.63) is 35.9 Å². The number of carbonyl (C=O) groups is 4. The molecule has 0 aliphatic carbocycles. The summed E-state index contributed by atoms with van der Waals surface area (Å²) in [6, 6.07) is 8.12. The molecule has 1 saturated heterocycles. The van der Waals surface area contributed by atoms with E-state index in [9.17, 15) is 19.2 Å². The van der Waals surface area contributed by atoms with Gasteiger partial charge in [-0.15, -0.1) is 0 Å². The number of carbonyl (C=O) groups excluding carboxylic acids is 4. The van der Waals surface area contributed by atoms with Gasteiger partial charge in [-0.05, 0) is 12.1 Å². The van der Waals surface area contributed by atoms with Crippen LogP contribution in [0, 0.1) is 0 Å². The minimum atomic E-state index is -1.34. The molecule has 0 amide bonds. The first-order chi connectivity index (χ1) is 12.8. The maximum atomic E-state index is 12.3. The van der Waals surface area contributed by atoms with Crippen molar-refractivity contribution >= 4 is 23.9 Å². The van der Waals surface area contributed by atoms with Crippen molar-refractivity contribution in [2.45, 2.75) is 45.4 Å². The standard InChI is InChI=1S/C18H20O9/c1-10(19)23-9-14-15(24-11(2)20)16(25-12(3)21)18(26-14)27-17(22)13-7-5-4-6-8-13/h4-8,14-16,18H,9H2,1-3H3/t14-,15-,16-,18?/m1/s1. The van der Waals surface area contributed by atoms with Crippen LogP contribution in [0.5, 0.6) is 0 Å². The Kier molecular flexibility index (Phi) is 6.89. The van der Waals surface area contributed by atoms with Gasteiger partial charge in [0.2, 0.25) is 12.4 Å². The van der Waals surface area contributed by atoms with Gasteiger partial charge in [-0.2, -0.15) is 0 Å². The average Bonchev–Trinajstić information content (AvgIpc) is 2.89. The van der Waals surface area contributed by atoms with Crippen molar-refractivity contribution in [1.82, 2.24) is 0 Å². The Hall–Kier alpha value is -2.94. The predicted octanol–water partition coefficient (Wildman–Crippen LogP) is 0.995. The minimum Gasteiger partial charge on any atom is -0.463 e. The maximum absolute atomic E-state index is 12.3. The first-order valence-electron chi connectivity index (χ1n) is 8.17. The van der Waals surface area contributed by atoms with Gasteiger partial charge < -0.3 is 23.7 Å². The molecule has 1 aliphatic heterocycles. The summed E-state index contributed by atoms with van der Waals surface area (Å²) in [7, 11) is 0. The number of hydrogen-bond donors (Lipinski definition) is 0. The van der Waals surface area contributed by atoms with E-state index in [2.05, 4.69) is 0 Å². The third-order valence-electron chi connectivity index (χ3n) is 3.56. The molecule has 4 atom stereocenters. The minimum absolute atomic E-state index is 0.259. The highest BCUT2D eigenvalue weighted by molar-refractivity contribution is 5.89. The molecule has 0 bridgehead atoms. The molecule has 146 valence electrons. The molecule has 1 unspecified atom stereocenters. The zero-order valence-corrected chi connectivity index (χ0v) is 15.1. The highest BCUT2D eigenvalue weighted by Crippen LogP contribution is 2.29. The molecule has 9 nitrogen and oxygen atoms in total. The summed E-state index contributed by atoms with van der Waals surface area (Å²) in [6.45, 7) is 3.24. The van der Waals surface area contributed by atoms with E-state index < -0.39 is 48.5 Å². The van der Waals surface area contributed by atoms with Crippen molar-refractivity contribution in [3.63, 3.8) is 0 Å². The van der Waals surface area contributed by atoms with Crippen LogP contribution in [0.1, 0.15) is 31.1 Å². The van der Waals surface area contributed by atoms with Crippen molar-refractivity contribution in [3.8, 4) is 0 Å². The molecule has 0 saturated carbocycles. The number of ether oxygens (including phenoxy) is 5. The maximum Gasteiger partial charge on any atom is 0.340 e. The first-order valence-corrected chi connectivity index (χ1v) is 8.17. The highest BCUT2D eigenvalue weighted by Gasteiger charge is 2.51. The molecule has 1 fully saturated rings. The van der Waals surface area contributed by atoms with E-state index in [1.165, 1.54) is 19.1 Å². The Morgan fingerprint density at radius 1 is 0.852 bits per heavy atom. The van der Waals surface area contributed by atoms with Gasteiger partial charge in [-0.1, -0.05) is 18.2 Å². The summed E-state index contributed by atoms with van der Waals surface area (Å²) in [4.78, 5) is 46.3. The van der Waals surface area contributed by atoms with E-state index in [-0.39, 0.29) is 12.2 Å². The Bertz CT molecular complexity index is 700. The molecule has 1 aliphatic rings. The molecule has 0 N–H and O–H groups in total. The van der Waals surface area contributed by atoms with Crippen LogP contribution in [0.2, 0.25) is 0 Å². The van der Waals surface area contributed by atoms with Crippen molar-refractivity contribution in [1.29, 1.82) is 0 Å².